The number of nitrogens with zero attached hydrogens (tertiary/aromatic N) is 2. The van der Waals surface area contributed by atoms with E-state index < -0.39 is 23.9 Å². The highest BCUT2D eigenvalue weighted by atomic mass is 32.1. The number of hydrogen-bond donors (Lipinski definition) is 3. The van der Waals surface area contributed by atoms with Crippen molar-refractivity contribution in [3.63, 3.8) is 0 Å². The standard InChI is InChI=1S/C44H46N4O5S2/c1-5-38(50)47(41(36-21-14-26-54-36)43(52)45-31-17-9-7-10-18-31)33-23-22-30(27-34(33)49)35-24-25-37(55-35)42(44(53)46-32-19-11-8-12-20-32)48(39(51)6-2)40-28(3)15-13-16-29(40)4/h1-2,13-16,21-27,31-32,41-42,49H,7-12,17-20H2,3-4H3,(H,45,52)(H,46,53). The number of aryl methyl sites for hydroxylation is 2. The molecule has 0 bridgehead atoms. The molecule has 2 aliphatic carbocycles. The fourth-order valence-corrected chi connectivity index (χ4v) is 9.73. The lowest BCUT2D eigenvalue weighted by molar-refractivity contribution is -0.126. The molecule has 284 valence electrons. The number of thiophene rings is 2. The smallest absolute Gasteiger partial charge is 0.303 e. The first kappa shape index (κ1) is 39.3. The van der Waals surface area contributed by atoms with E-state index in [9.17, 15) is 24.3 Å². The second-order valence-electron chi connectivity index (χ2n) is 14.3. The SMILES string of the molecule is C#CC(=O)N(c1ccc(-c2ccc(C(C(=O)NC3CCCCC3)N(C(=O)C#C)c3c(C)cccc3C)s2)cc1O)C(C(=O)NC1CCCCC1)c1cccs1. The number of nitrogens with one attached hydrogen (secondary N) is 2. The molecule has 0 spiro atoms. The van der Waals surface area contributed by atoms with Crippen molar-refractivity contribution >= 4 is 57.7 Å². The van der Waals surface area contributed by atoms with Crippen LogP contribution >= 0.6 is 22.7 Å². The molecule has 2 aromatic carbocycles. The van der Waals surface area contributed by atoms with Crippen molar-refractivity contribution < 1.29 is 24.3 Å². The van der Waals surface area contributed by atoms with Gasteiger partial charge in [0.1, 0.15) is 5.75 Å². The highest BCUT2D eigenvalue weighted by Crippen LogP contribution is 2.42. The molecule has 2 aliphatic rings. The number of benzene rings is 2. The first-order chi connectivity index (χ1) is 26.6. The largest absolute Gasteiger partial charge is 0.506 e. The Morgan fingerprint density at radius 2 is 1.29 bits per heavy atom. The van der Waals surface area contributed by atoms with Crippen LogP contribution in [-0.2, 0) is 19.2 Å². The van der Waals surface area contributed by atoms with Gasteiger partial charge < -0.3 is 15.7 Å². The molecule has 0 saturated heterocycles. The Labute approximate surface area is 331 Å². The third-order valence-corrected chi connectivity index (χ3v) is 12.6. The van der Waals surface area contributed by atoms with Crippen LogP contribution in [0.4, 0.5) is 11.4 Å². The van der Waals surface area contributed by atoms with Gasteiger partial charge in [-0.3, -0.25) is 29.0 Å². The summed E-state index contributed by atoms with van der Waals surface area (Å²) in [6, 6.07) is 15.5. The lowest BCUT2D eigenvalue weighted by atomic mass is 9.95. The normalized spacial score (nSPS) is 15.9. The summed E-state index contributed by atoms with van der Waals surface area (Å²) in [7, 11) is 0. The summed E-state index contributed by atoms with van der Waals surface area (Å²) in [5.74, 6) is 2.07. The minimum absolute atomic E-state index is 0.00866. The highest BCUT2D eigenvalue weighted by molar-refractivity contribution is 7.15. The number of phenols is 1. The molecule has 6 rings (SSSR count). The maximum absolute atomic E-state index is 14.3. The van der Waals surface area contributed by atoms with Crippen molar-refractivity contribution in [2.24, 2.45) is 0 Å². The van der Waals surface area contributed by atoms with Crippen molar-refractivity contribution in [1.29, 1.82) is 0 Å². The number of aromatic hydroxyl groups is 1. The van der Waals surface area contributed by atoms with Crippen LogP contribution in [0, 0.1) is 38.5 Å². The number of terminal acetylenes is 2. The summed E-state index contributed by atoms with van der Waals surface area (Å²) in [5.41, 5.74) is 2.87. The van der Waals surface area contributed by atoms with Crippen molar-refractivity contribution in [2.45, 2.75) is 102 Å². The Balaban J connectivity index is 1.37. The van der Waals surface area contributed by atoms with E-state index in [4.69, 9.17) is 12.8 Å². The van der Waals surface area contributed by atoms with Gasteiger partial charge in [0.2, 0.25) is 11.8 Å². The number of carbonyl (C=O) groups excluding carboxylic acids is 4. The van der Waals surface area contributed by atoms with Gasteiger partial charge in [-0.05, 0) is 104 Å². The Bertz CT molecular complexity index is 2100. The van der Waals surface area contributed by atoms with Gasteiger partial charge in [-0.15, -0.1) is 35.5 Å². The molecule has 55 heavy (non-hydrogen) atoms. The van der Waals surface area contributed by atoms with E-state index in [2.05, 4.69) is 22.5 Å². The molecule has 3 N–H and O–H groups in total. The Kier molecular flexibility index (Phi) is 12.8. The Morgan fingerprint density at radius 3 is 1.82 bits per heavy atom. The van der Waals surface area contributed by atoms with Crippen LogP contribution in [0.2, 0.25) is 0 Å². The van der Waals surface area contributed by atoms with Gasteiger partial charge in [-0.2, -0.15) is 0 Å². The van der Waals surface area contributed by atoms with Crippen molar-refractivity contribution in [3.8, 4) is 40.9 Å². The van der Waals surface area contributed by atoms with Crippen LogP contribution < -0.4 is 20.4 Å². The molecule has 2 unspecified atom stereocenters. The van der Waals surface area contributed by atoms with Crippen LogP contribution in [-0.4, -0.2) is 40.8 Å². The second-order valence-corrected chi connectivity index (χ2v) is 16.4. The molecule has 2 saturated carbocycles. The number of hydrogen-bond acceptors (Lipinski definition) is 7. The number of rotatable bonds is 11. The van der Waals surface area contributed by atoms with Crippen LogP contribution in [0.3, 0.4) is 0 Å². The fraction of sp³-hybridized carbons (Fsp3) is 0.364. The monoisotopic (exact) mass is 774 g/mol. The molecular weight excluding hydrogens is 729 g/mol. The summed E-state index contributed by atoms with van der Waals surface area (Å²) < 4.78 is 0. The van der Waals surface area contributed by atoms with E-state index in [-0.39, 0.29) is 35.3 Å². The van der Waals surface area contributed by atoms with Gasteiger partial charge in [0.15, 0.2) is 12.1 Å². The molecule has 4 aromatic rings. The minimum Gasteiger partial charge on any atom is -0.506 e. The number of phenolic OH excluding ortho intramolecular Hbond substituents is 1. The molecule has 2 atom stereocenters. The first-order valence-corrected chi connectivity index (χ1v) is 20.5. The molecular formula is C44H46N4O5S2. The maximum atomic E-state index is 14.3. The Morgan fingerprint density at radius 1 is 0.727 bits per heavy atom. The van der Waals surface area contributed by atoms with E-state index in [1.54, 1.807) is 30.3 Å². The van der Waals surface area contributed by atoms with Gasteiger partial charge in [0.25, 0.3) is 0 Å². The predicted molar refractivity (Wildman–Crippen MR) is 220 cm³/mol. The summed E-state index contributed by atoms with van der Waals surface area (Å²) in [5, 5.41) is 19.8. The minimum atomic E-state index is -1.09. The molecule has 2 aromatic heterocycles. The van der Waals surface area contributed by atoms with Gasteiger partial charge >= 0.3 is 11.8 Å². The number of anilines is 2. The van der Waals surface area contributed by atoms with Crippen molar-refractivity contribution in [2.75, 3.05) is 9.80 Å². The summed E-state index contributed by atoms with van der Waals surface area (Å²) >= 11 is 2.63. The van der Waals surface area contributed by atoms with E-state index in [0.717, 1.165) is 75.3 Å². The Hall–Kier alpha value is -5.36. The quantitative estimate of drug-likeness (QED) is 0.133. The zero-order valence-electron chi connectivity index (χ0n) is 31.2. The molecule has 9 nitrogen and oxygen atoms in total. The lowest BCUT2D eigenvalue weighted by Crippen LogP contribution is -2.47. The zero-order valence-corrected chi connectivity index (χ0v) is 32.8. The number of para-hydroxylation sites is 1. The van der Waals surface area contributed by atoms with Gasteiger partial charge in [0.05, 0.1) is 11.4 Å². The average molecular weight is 775 g/mol. The zero-order chi connectivity index (χ0) is 39.1. The van der Waals surface area contributed by atoms with Gasteiger partial charge in [-0.25, -0.2) is 0 Å². The number of amides is 4. The summed E-state index contributed by atoms with van der Waals surface area (Å²) in [4.78, 5) is 59.9. The average Bonchev–Trinajstić information content (AvgIpc) is 3.90. The number of carbonyl (C=O) groups is 4. The molecule has 2 fully saturated rings. The molecule has 0 radical (unpaired) electrons. The van der Waals surface area contributed by atoms with Crippen LogP contribution in [0.15, 0.2) is 66.0 Å². The second kappa shape index (κ2) is 17.9. The van der Waals surface area contributed by atoms with Crippen LogP contribution in [0.5, 0.6) is 5.75 Å². The third-order valence-electron chi connectivity index (χ3n) is 10.5. The van der Waals surface area contributed by atoms with Crippen molar-refractivity contribution in [3.05, 3.63) is 86.9 Å². The van der Waals surface area contributed by atoms with E-state index in [1.165, 1.54) is 38.5 Å². The van der Waals surface area contributed by atoms with E-state index in [0.29, 0.717) is 25.9 Å². The molecule has 2 heterocycles. The van der Waals surface area contributed by atoms with E-state index >= 15 is 0 Å². The summed E-state index contributed by atoms with van der Waals surface area (Å²) in [6.07, 6.45) is 21.2. The molecule has 11 heteroatoms. The molecule has 0 aliphatic heterocycles. The van der Waals surface area contributed by atoms with Crippen molar-refractivity contribution in [1.82, 2.24) is 10.6 Å². The van der Waals surface area contributed by atoms with E-state index in [1.807, 2.05) is 43.5 Å². The van der Waals surface area contributed by atoms with Crippen LogP contribution in [0.25, 0.3) is 10.4 Å². The molecule has 4 amide bonds. The fourth-order valence-electron chi connectivity index (χ4n) is 7.82. The predicted octanol–water partition coefficient (Wildman–Crippen LogP) is 8.11. The first-order valence-electron chi connectivity index (χ1n) is 18.8. The maximum Gasteiger partial charge on any atom is 0.303 e. The van der Waals surface area contributed by atoms with Gasteiger partial charge in [-0.1, -0.05) is 68.9 Å². The lowest BCUT2D eigenvalue weighted by Gasteiger charge is -2.33. The topological polar surface area (TPSA) is 119 Å². The highest BCUT2D eigenvalue weighted by Gasteiger charge is 2.38. The van der Waals surface area contributed by atoms with Crippen LogP contribution in [0.1, 0.15) is 97.2 Å². The van der Waals surface area contributed by atoms with Gasteiger partial charge in [0, 0.05) is 26.7 Å². The summed E-state index contributed by atoms with van der Waals surface area (Å²) in [6.45, 7) is 3.77. The third kappa shape index (κ3) is 8.80.